The van der Waals surface area contributed by atoms with Gasteiger partial charge in [0.15, 0.2) is 0 Å². The first kappa shape index (κ1) is 12.0. The molecule has 1 heterocycles. The second-order valence-corrected chi connectivity index (χ2v) is 5.83. The van der Waals surface area contributed by atoms with Gasteiger partial charge in [-0.05, 0) is 30.4 Å². The second kappa shape index (κ2) is 4.93. The monoisotopic (exact) mass is 263 g/mol. The first-order chi connectivity index (χ1) is 8.77. The molecule has 1 unspecified atom stereocenters. The molecular formula is C15H18ClNO. The fraction of sp³-hybridized carbons (Fsp3) is 0.533. The van der Waals surface area contributed by atoms with Crippen LogP contribution in [-0.4, -0.2) is 5.91 Å². The highest BCUT2D eigenvalue weighted by atomic mass is 35.5. The maximum absolute atomic E-state index is 12.2. The number of carbonyl (C=O) groups excluding carboxylic acids is 1. The molecule has 1 amide bonds. The van der Waals surface area contributed by atoms with Gasteiger partial charge >= 0.3 is 0 Å². The van der Waals surface area contributed by atoms with Gasteiger partial charge in [0.25, 0.3) is 0 Å². The lowest BCUT2D eigenvalue weighted by atomic mass is 9.82. The Balaban J connectivity index is 1.93. The number of benzene rings is 1. The van der Waals surface area contributed by atoms with Crippen molar-refractivity contribution in [1.29, 1.82) is 0 Å². The number of rotatable bonds is 1. The third-order valence-corrected chi connectivity index (χ3v) is 4.60. The number of para-hydroxylation sites is 1. The van der Waals surface area contributed by atoms with E-state index >= 15 is 0 Å². The third-order valence-electron chi connectivity index (χ3n) is 4.28. The van der Waals surface area contributed by atoms with Crippen LogP contribution >= 0.6 is 11.6 Å². The zero-order chi connectivity index (χ0) is 12.5. The fourth-order valence-electron chi connectivity index (χ4n) is 3.39. The Morgan fingerprint density at radius 3 is 2.56 bits per heavy atom. The number of anilines is 1. The molecule has 0 bridgehead atoms. The molecule has 1 saturated carbocycles. The molecule has 1 aliphatic heterocycles. The maximum Gasteiger partial charge on any atom is 0.232 e. The van der Waals surface area contributed by atoms with E-state index in [9.17, 15) is 4.79 Å². The van der Waals surface area contributed by atoms with Crippen molar-refractivity contribution in [3.05, 3.63) is 28.8 Å². The fourth-order valence-corrected chi connectivity index (χ4v) is 3.62. The largest absolute Gasteiger partial charge is 0.324 e. The van der Waals surface area contributed by atoms with Gasteiger partial charge < -0.3 is 5.32 Å². The van der Waals surface area contributed by atoms with E-state index in [0.29, 0.717) is 10.9 Å². The Hall–Kier alpha value is -1.02. The quantitative estimate of drug-likeness (QED) is 0.750. The Labute approximate surface area is 113 Å². The molecule has 1 fully saturated rings. The molecule has 0 spiro atoms. The number of fused-ring (bicyclic) bond motifs is 1. The average molecular weight is 264 g/mol. The lowest BCUT2D eigenvalue weighted by Crippen LogP contribution is -2.20. The molecule has 1 atom stereocenters. The smallest absolute Gasteiger partial charge is 0.232 e. The molecule has 3 heteroatoms. The second-order valence-electron chi connectivity index (χ2n) is 5.42. The van der Waals surface area contributed by atoms with E-state index in [-0.39, 0.29) is 11.8 Å². The van der Waals surface area contributed by atoms with Crippen molar-refractivity contribution in [2.24, 2.45) is 5.92 Å². The zero-order valence-corrected chi connectivity index (χ0v) is 11.2. The van der Waals surface area contributed by atoms with Crippen molar-refractivity contribution in [2.75, 3.05) is 5.32 Å². The van der Waals surface area contributed by atoms with Crippen LogP contribution in [0.4, 0.5) is 5.69 Å². The highest BCUT2D eigenvalue weighted by Crippen LogP contribution is 2.44. The predicted molar refractivity (Wildman–Crippen MR) is 74.0 cm³/mol. The van der Waals surface area contributed by atoms with Crippen molar-refractivity contribution in [2.45, 2.75) is 44.4 Å². The highest BCUT2D eigenvalue weighted by Gasteiger charge is 2.37. The van der Waals surface area contributed by atoms with E-state index in [0.717, 1.165) is 11.3 Å². The number of amides is 1. The molecule has 3 rings (SSSR count). The minimum atomic E-state index is 0.0248. The molecule has 0 saturated heterocycles. The van der Waals surface area contributed by atoms with Gasteiger partial charge in [0.05, 0.1) is 16.6 Å². The van der Waals surface area contributed by atoms with Gasteiger partial charge in [-0.25, -0.2) is 0 Å². The zero-order valence-electron chi connectivity index (χ0n) is 10.4. The van der Waals surface area contributed by atoms with E-state index in [1.807, 2.05) is 12.1 Å². The Kier molecular flexibility index (Phi) is 3.29. The Morgan fingerprint density at radius 2 is 1.83 bits per heavy atom. The summed E-state index contributed by atoms with van der Waals surface area (Å²) >= 11 is 6.16. The Bertz CT molecular complexity index is 464. The summed E-state index contributed by atoms with van der Waals surface area (Å²) in [6.45, 7) is 0. The van der Waals surface area contributed by atoms with Crippen LogP contribution in [0.25, 0.3) is 0 Å². The molecule has 2 nitrogen and oxygen atoms in total. The molecule has 18 heavy (non-hydrogen) atoms. The molecule has 1 aromatic carbocycles. The minimum absolute atomic E-state index is 0.0248. The van der Waals surface area contributed by atoms with E-state index in [1.165, 1.54) is 38.5 Å². The van der Waals surface area contributed by atoms with E-state index in [2.05, 4.69) is 11.4 Å². The van der Waals surface area contributed by atoms with Gasteiger partial charge in [-0.2, -0.15) is 0 Å². The topological polar surface area (TPSA) is 29.1 Å². The van der Waals surface area contributed by atoms with Gasteiger partial charge in [0.2, 0.25) is 5.91 Å². The van der Waals surface area contributed by atoms with Gasteiger partial charge in [-0.3, -0.25) is 4.79 Å². The van der Waals surface area contributed by atoms with Gasteiger partial charge in [0.1, 0.15) is 0 Å². The molecule has 0 radical (unpaired) electrons. The van der Waals surface area contributed by atoms with E-state index in [1.54, 1.807) is 0 Å². The van der Waals surface area contributed by atoms with Crippen LogP contribution in [0.1, 0.15) is 50.0 Å². The molecule has 0 aromatic heterocycles. The lowest BCUT2D eigenvalue weighted by molar-refractivity contribution is -0.118. The van der Waals surface area contributed by atoms with Crippen LogP contribution in [0, 0.1) is 5.92 Å². The molecule has 2 aliphatic rings. The SMILES string of the molecule is O=C1Nc2c(Cl)cccc2C1C1CCCCCC1. The first-order valence-corrected chi connectivity index (χ1v) is 7.24. The summed E-state index contributed by atoms with van der Waals surface area (Å²) in [6, 6.07) is 5.84. The number of carbonyl (C=O) groups is 1. The summed E-state index contributed by atoms with van der Waals surface area (Å²) in [6.07, 6.45) is 7.48. The molecule has 1 aliphatic carbocycles. The van der Waals surface area contributed by atoms with Gasteiger partial charge in [0, 0.05) is 0 Å². The Morgan fingerprint density at radius 1 is 1.11 bits per heavy atom. The summed E-state index contributed by atoms with van der Waals surface area (Å²) < 4.78 is 0. The van der Waals surface area contributed by atoms with Crippen molar-refractivity contribution in [3.8, 4) is 0 Å². The van der Waals surface area contributed by atoms with Crippen molar-refractivity contribution >= 4 is 23.2 Å². The van der Waals surface area contributed by atoms with E-state index in [4.69, 9.17) is 11.6 Å². The van der Waals surface area contributed by atoms with Crippen molar-refractivity contribution in [1.82, 2.24) is 0 Å². The normalized spacial score (nSPS) is 24.5. The molecule has 1 aromatic rings. The van der Waals surface area contributed by atoms with Gasteiger partial charge in [-0.15, -0.1) is 0 Å². The predicted octanol–water partition coefficient (Wildman–Crippen LogP) is 4.35. The molecular weight excluding hydrogens is 246 g/mol. The maximum atomic E-state index is 12.2. The van der Waals surface area contributed by atoms with Crippen LogP contribution in [0.5, 0.6) is 0 Å². The summed E-state index contributed by atoms with van der Waals surface area (Å²) in [7, 11) is 0. The van der Waals surface area contributed by atoms with Gasteiger partial charge in [-0.1, -0.05) is 49.4 Å². The standard InChI is InChI=1S/C15H18ClNO/c16-12-9-5-8-11-13(15(18)17-14(11)12)10-6-3-1-2-4-7-10/h5,8-10,13H,1-4,6-7H2,(H,17,18). The van der Waals surface area contributed by atoms with Crippen molar-refractivity contribution in [3.63, 3.8) is 0 Å². The average Bonchev–Trinajstić information content (AvgIpc) is 2.54. The number of nitrogens with one attached hydrogen (secondary N) is 1. The van der Waals surface area contributed by atoms with Crippen molar-refractivity contribution < 1.29 is 4.79 Å². The lowest BCUT2D eigenvalue weighted by Gasteiger charge is -2.20. The van der Waals surface area contributed by atoms with Crippen LogP contribution in [0.3, 0.4) is 0 Å². The number of halogens is 1. The summed E-state index contributed by atoms with van der Waals surface area (Å²) in [5.41, 5.74) is 1.96. The summed E-state index contributed by atoms with van der Waals surface area (Å²) in [5, 5.41) is 3.63. The molecule has 96 valence electrons. The first-order valence-electron chi connectivity index (χ1n) is 6.86. The van der Waals surface area contributed by atoms with Crippen LogP contribution in [0.2, 0.25) is 5.02 Å². The van der Waals surface area contributed by atoms with Crippen LogP contribution in [-0.2, 0) is 4.79 Å². The summed E-state index contributed by atoms with van der Waals surface area (Å²) in [4.78, 5) is 12.2. The van der Waals surface area contributed by atoms with E-state index < -0.39 is 0 Å². The summed E-state index contributed by atoms with van der Waals surface area (Å²) in [5.74, 6) is 0.661. The minimum Gasteiger partial charge on any atom is -0.324 e. The number of hydrogen-bond acceptors (Lipinski definition) is 1. The van der Waals surface area contributed by atoms with Crippen LogP contribution in [0.15, 0.2) is 18.2 Å². The van der Waals surface area contributed by atoms with Crippen LogP contribution < -0.4 is 5.32 Å². The highest BCUT2D eigenvalue weighted by molar-refractivity contribution is 6.34. The number of hydrogen-bond donors (Lipinski definition) is 1. The molecule has 1 N–H and O–H groups in total. The third kappa shape index (κ3) is 2.03.